The maximum absolute atomic E-state index is 12.7. The van der Waals surface area contributed by atoms with Crippen LogP contribution in [0, 0.1) is 0 Å². The molecule has 0 spiro atoms. The van der Waals surface area contributed by atoms with Crippen molar-refractivity contribution in [1.82, 2.24) is 5.32 Å². The molecule has 0 saturated heterocycles. The molecule has 0 aromatic heterocycles. The second-order valence-corrected chi connectivity index (χ2v) is 6.14. The lowest BCUT2D eigenvalue weighted by Crippen LogP contribution is -2.20. The minimum atomic E-state index is -1.82. The summed E-state index contributed by atoms with van der Waals surface area (Å²) in [6.07, 6.45) is 0. The van der Waals surface area contributed by atoms with Gasteiger partial charge in [0.15, 0.2) is 0 Å². The van der Waals surface area contributed by atoms with Gasteiger partial charge in [-0.05, 0) is 30.3 Å². The molecular weight excluding hydrogens is 326 g/mol. The van der Waals surface area contributed by atoms with Crippen molar-refractivity contribution in [2.75, 3.05) is 7.05 Å². The Balaban J connectivity index is 2.59. The summed E-state index contributed by atoms with van der Waals surface area (Å²) < 4.78 is 12.7. The Morgan fingerprint density at radius 1 is 1.09 bits per heavy atom. The zero-order valence-corrected chi connectivity index (χ0v) is 13.1. The zero-order chi connectivity index (χ0) is 16.3. The molecule has 2 N–H and O–H groups in total. The first-order valence-electron chi connectivity index (χ1n) is 6.21. The minimum Gasteiger partial charge on any atom is -0.478 e. The number of carbonyl (C=O) groups excluding carboxylic acids is 1. The maximum Gasteiger partial charge on any atom is 0.336 e. The average molecular weight is 338 g/mol. The normalized spacial score (nSPS) is 11.7. The summed E-state index contributed by atoms with van der Waals surface area (Å²) in [6.45, 7) is 0. The van der Waals surface area contributed by atoms with Crippen molar-refractivity contribution in [3.8, 4) is 0 Å². The van der Waals surface area contributed by atoms with Gasteiger partial charge in [0, 0.05) is 12.1 Å². The van der Waals surface area contributed by atoms with Gasteiger partial charge in [-0.3, -0.25) is 4.79 Å². The highest BCUT2D eigenvalue weighted by Gasteiger charge is 2.21. The van der Waals surface area contributed by atoms with Crippen LogP contribution in [0.5, 0.6) is 0 Å². The molecule has 2 aromatic carbocycles. The summed E-state index contributed by atoms with van der Waals surface area (Å²) in [4.78, 5) is 23.5. The Labute approximate surface area is 134 Å². The number of carboxylic acid groups (broad SMARTS) is 1. The first-order chi connectivity index (χ1) is 10.5. The first-order valence-corrected chi connectivity index (χ1v) is 7.74. The molecule has 0 bridgehead atoms. The number of halogens is 1. The molecule has 1 atom stereocenters. The third kappa shape index (κ3) is 3.18. The fourth-order valence-electron chi connectivity index (χ4n) is 1.90. The molecule has 0 heterocycles. The van der Waals surface area contributed by atoms with Crippen LogP contribution >= 0.6 is 11.6 Å². The molecule has 2 rings (SSSR count). The van der Waals surface area contributed by atoms with E-state index in [9.17, 15) is 18.9 Å². The van der Waals surface area contributed by atoms with Gasteiger partial charge >= 0.3 is 5.97 Å². The number of rotatable bonds is 4. The molecule has 5 nitrogen and oxygen atoms in total. The van der Waals surface area contributed by atoms with Gasteiger partial charge in [-0.1, -0.05) is 23.7 Å². The summed E-state index contributed by atoms with van der Waals surface area (Å²) in [6, 6.07) is 10.4. The van der Waals surface area contributed by atoms with E-state index >= 15 is 0 Å². The van der Waals surface area contributed by atoms with Crippen molar-refractivity contribution in [2.45, 2.75) is 9.79 Å². The number of carboxylic acids is 1. The fraction of sp³-hybridized carbons (Fsp3) is 0.0667. The van der Waals surface area contributed by atoms with E-state index in [-0.39, 0.29) is 25.9 Å². The van der Waals surface area contributed by atoms with E-state index < -0.39 is 22.7 Å². The lowest BCUT2D eigenvalue weighted by atomic mass is 10.2. The largest absolute Gasteiger partial charge is 0.478 e. The molecule has 7 heteroatoms. The number of benzene rings is 2. The Hall–Kier alpha value is -2.18. The van der Waals surface area contributed by atoms with Crippen LogP contribution < -0.4 is 5.32 Å². The molecule has 0 saturated carbocycles. The topological polar surface area (TPSA) is 83.5 Å². The molecule has 0 fully saturated rings. The highest BCUT2D eigenvalue weighted by Crippen LogP contribution is 2.25. The van der Waals surface area contributed by atoms with Gasteiger partial charge in [0.2, 0.25) is 0 Å². The van der Waals surface area contributed by atoms with Crippen molar-refractivity contribution >= 4 is 34.3 Å². The Kier molecular flexibility index (Phi) is 4.95. The van der Waals surface area contributed by atoms with Gasteiger partial charge in [-0.2, -0.15) is 0 Å². The monoisotopic (exact) mass is 337 g/mol. The van der Waals surface area contributed by atoms with Crippen LogP contribution in [-0.4, -0.2) is 28.2 Å². The van der Waals surface area contributed by atoms with Gasteiger partial charge in [0.25, 0.3) is 5.91 Å². The number of amides is 1. The van der Waals surface area contributed by atoms with Crippen LogP contribution in [0.15, 0.2) is 52.3 Å². The summed E-state index contributed by atoms with van der Waals surface area (Å²) in [5.74, 6) is -1.63. The van der Waals surface area contributed by atoms with Crippen LogP contribution in [0.3, 0.4) is 0 Å². The van der Waals surface area contributed by atoms with E-state index in [1.165, 1.54) is 37.4 Å². The first kappa shape index (κ1) is 16.2. The fourth-order valence-corrected chi connectivity index (χ4v) is 3.41. The predicted molar refractivity (Wildman–Crippen MR) is 82.9 cm³/mol. The summed E-state index contributed by atoms with van der Waals surface area (Å²) in [5, 5.41) is 11.9. The van der Waals surface area contributed by atoms with Crippen LogP contribution in [0.1, 0.15) is 20.7 Å². The number of carbonyl (C=O) groups is 2. The van der Waals surface area contributed by atoms with Crippen molar-refractivity contribution in [1.29, 1.82) is 0 Å². The van der Waals surface area contributed by atoms with E-state index in [1.54, 1.807) is 12.1 Å². The molecule has 22 heavy (non-hydrogen) atoms. The van der Waals surface area contributed by atoms with Crippen LogP contribution in [0.4, 0.5) is 0 Å². The lowest BCUT2D eigenvalue weighted by Gasteiger charge is -2.10. The van der Waals surface area contributed by atoms with Gasteiger partial charge in [-0.15, -0.1) is 0 Å². The highest BCUT2D eigenvalue weighted by atomic mass is 35.5. The van der Waals surface area contributed by atoms with E-state index in [0.29, 0.717) is 0 Å². The predicted octanol–water partition coefficient (Wildman–Crippen LogP) is 2.56. The van der Waals surface area contributed by atoms with Crippen molar-refractivity contribution in [3.63, 3.8) is 0 Å². The summed E-state index contributed by atoms with van der Waals surface area (Å²) >= 11 is 5.79. The summed E-state index contributed by atoms with van der Waals surface area (Å²) in [5.41, 5.74) is 0.0761. The number of hydrogen-bond acceptors (Lipinski definition) is 3. The van der Waals surface area contributed by atoms with Gasteiger partial charge in [0.1, 0.15) is 0 Å². The zero-order valence-electron chi connectivity index (χ0n) is 11.5. The molecular formula is C15H12ClNO4S. The quantitative estimate of drug-likeness (QED) is 0.898. The Bertz CT molecular complexity index is 776. The number of nitrogens with one attached hydrogen (secondary N) is 1. The maximum atomic E-state index is 12.7. The molecule has 0 aliphatic heterocycles. The van der Waals surface area contributed by atoms with Crippen molar-refractivity contribution < 1.29 is 18.9 Å². The number of hydrogen-bond donors (Lipinski definition) is 2. The van der Waals surface area contributed by atoms with E-state index in [1.807, 2.05) is 0 Å². The van der Waals surface area contributed by atoms with Crippen molar-refractivity contribution in [2.24, 2.45) is 0 Å². The van der Waals surface area contributed by atoms with Crippen molar-refractivity contribution in [3.05, 3.63) is 58.6 Å². The number of aromatic carboxylic acids is 1. The standard InChI is InChI=1S/C15H12ClNO4S/c1-17-14(18)10-4-2-3-5-12(10)22(21)13-7-6-9(16)8-11(13)15(19)20/h2-8H,1H3,(H,17,18)(H,19,20)/t22-/m1/s1. The second-order valence-electron chi connectivity index (χ2n) is 4.29. The molecule has 0 unspecified atom stereocenters. The average Bonchev–Trinajstić information content (AvgIpc) is 2.53. The molecule has 0 aliphatic carbocycles. The van der Waals surface area contributed by atoms with Gasteiger partial charge < -0.3 is 10.4 Å². The third-order valence-electron chi connectivity index (χ3n) is 2.93. The Morgan fingerprint density at radius 2 is 1.73 bits per heavy atom. The van der Waals surface area contributed by atoms with E-state index in [2.05, 4.69) is 5.32 Å². The molecule has 2 aromatic rings. The smallest absolute Gasteiger partial charge is 0.336 e. The minimum absolute atomic E-state index is 0.0910. The highest BCUT2D eigenvalue weighted by molar-refractivity contribution is 7.85. The lowest BCUT2D eigenvalue weighted by molar-refractivity contribution is 0.0692. The molecule has 0 aliphatic rings. The van der Waals surface area contributed by atoms with E-state index in [0.717, 1.165) is 0 Å². The molecule has 1 amide bonds. The van der Waals surface area contributed by atoms with Gasteiger partial charge in [0.05, 0.1) is 31.7 Å². The molecule has 114 valence electrons. The van der Waals surface area contributed by atoms with E-state index in [4.69, 9.17) is 11.6 Å². The van der Waals surface area contributed by atoms with Crippen LogP contribution in [0.25, 0.3) is 0 Å². The SMILES string of the molecule is CNC(=O)c1ccccc1[S@@](=O)c1ccc(Cl)cc1C(=O)O. The summed E-state index contributed by atoms with van der Waals surface area (Å²) in [7, 11) is -0.356. The van der Waals surface area contributed by atoms with Crippen LogP contribution in [0.2, 0.25) is 5.02 Å². The van der Waals surface area contributed by atoms with Crippen LogP contribution in [-0.2, 0) is 10.8 Å². The second kappa shape index (κ2) is 6.72. The third-order valence-corrected chi connectivity index (χ3v) is 4.68. The van der Waals surface area contributed by atoms with Gasteiger partial charge in [-0.25, -0.2) is 9.00 Å². The molecule has 0 radical (unpaired) electrons. The Morgan fingerprint density at radius 3 is 2.36 bits per heavy atom.